The van der Waals surface area contributed by atoms with Crippen LogP contribution in [-0.4, -0.2) is 11.7 Å². The van der Waals surface area contributed by atoms with Gasteiger partial charge >= 0.3 is 0 Å². The molecule has 5 aliphatic carbocycles. The summed E-state index contributed by atoms with van der Waals surface area (Å²) >= 11 is 0. The van der Waals surface area contributed by atoms with Gasteiger partial charge in [-0.1, -0.05) is 161 Å². The van der Waals surface area contributed by atoms with Gasteiger partial charge in [0.1, 0.15) is 11.7 Å². The van der Waals surface area contributed by atoms with E-state index in [1.54, 1.807) is 16.7 Å². The van der Waals surface area contributed by atoms with E-state index < -0.39 is 0 Å². The molecule has 0 saturated heterocycles. The molecule has 1 heterocycles. The zero-order chi connectivity index (χ0) is 34.2. The van der Waals surface area contributed by atoms with Crippen LogP contribution < -0.4 is 5.32 Å². The second kappa shape index (κ2) is 11.8. The quantitative estimate of drug-likeness (QED) is 0.232. The summed E-state index contributed by atoms with van der Waals surface area (Å²) in [6, 6.07) is 34.0. The average molecular weight is 664 g/mol. The predicted octanol–water partition coefficient (Wildman–Crippen LogP) is 11.1. The van der Waals surface area contributed by atoms with Crippen molar-refractivity contribution in [1.29, 1.82) is 0 Å². The van der Waals surface area contributed by atoms with E-state index in [1.165, 1.54) is 59.9 Å². The van der Waals surface area contributed by atoms with Crippen LogP contribution in [0.5, 0.6) is 0 Å². The third-order valence-corrected chi connectivity index (χ3v) is 12.9. The van der Waals surface area contributed by atoms with Crippen molar-refractivity contribution in [2.75, 3.05) is 0 Å². The molecule has 4 atom stereocenters. The molecule has 0 aromatic heterocycles. The number of allylic oxidation sites excluding steroid dienone is 7. The van der Waals surface area contributed by atoms with E-state index >= 15 is 0 Å². The smallest absolute Gasteiger partial charge is 0.169 e. The fourth-order valence-electron chi connectivity index (χ4n) is 10.2. The third kappa shape index (κ3) is 4.84. The minimum atomic E-state index is -0.260. The summed E-state index contributed by atoms with van der Waals surface area (Å²) in [5, 5.41) is 3.62. The molecule has 1 N–H and O–H groups in total. The van der Waals surface area contributed by atoms with Crippen molar-refractivity contribution in [1.82, 2.24) is 5.32 Å². The molecule has 0 amide bonds. The standard InChI is InChI=1S/C48H45N3/c1-47(2)40-25-24-35(28-37(40)39-29-38-36-18-10-11-19-41(36)48(26-12-5-13-27-48)43(38)30-42(39)47)31-20-22-34(23-21-31)46-50-44(32-14-6-3-7-15-32)49-45(51-46)33-16-8-4-9-17-33/h3-4,6-11,14-16,18-25,28-30,33,37,40,44H,5,12-13,17,26-27H2,1-2H3,(H,49,50,51). The Bertz CT molecular complexity index is 2220. The molecule has 1 fully saturated rings. The Labute approximate surface area is 302 Å². The van der Waals surface area contributed by atoms with Crippen molar-refractivity contribution in [3.63, 3.8) is 0 Å². The molecule has 0 bridgehead atoms. The van der Waals surface area contributed by atoms with E-state index in [4.69, 9.17) is 9.98 Å². The number of nitrogens with zero attached hydrogens (tertiary/aromatic N) is 2. The van der Waals surface area contributed by atoms with Gasteiger partial charge in [-0.15, -0.1) is 0 Å². The van der Waals surface area contributed by atoms with E-state index in [0.29, 0.717) is 11.8 Å². The summed E-state index contributed by atoms with van der Waals surface area (Å²) in [7, 11) is 0. The lowest BCUT2D eigenvalue weighted by Crippen LogP contribution is -2.39. The molecule has 3 nitrogen and oxygen atoms in total. The molecular formula is C48H45N3. The topological polar surface area (TPSA) is 36.8 Å². The first-order valence-electron chi connectivity index (χ1n) is 19.1. The summed E-state index contributed by atoms with van der Waals surface area (Å²) in [5.41, 5.74) is 14.2. The van der Waals surface area contributed by atoms with Crippen LogP contribution in [0.25, 0.3) is 16.7 Å². The second-order valence-corrected chi connectivity index (χ2v) is 16.1. The molecule has 0 radical (unpaired) electrons. The number of hydrogen-bond acceptors (Lipinski definition) is 3. The molecule has 1 spiro atoms. The summed E-state index contributed by atoms with van der Waals surface area (Å²) in [6.45, 7) is 4.96. The van der Waals surface area contributed by atoms with Gasteiger partial charge in [-0.25, -0.2) is 9.98 Å². The lowest BCUT2D eigenvalue weighted by Gasteiger charge is -2.36. The fourth-order valence-corrected chi connectivity index (χ4v) is 10.2. The molecule has 3 heteroatoms. The molecule has 4 aromatic carbocycles. The highest BCUT2D eigenvalue weighted by atomic mass is 15.2. The van der Waals surface area contributed by atoms with Gasteiger partial charge in [0.25, 0.3) is 0 Å². The number of aliphatic imine (C=N–C) groups is 2. The molecule has 6 aliphatic rings. The lowest BCUT2D eigenvalue weighted by molar-refractivity contribution is 0.351. The van der Waals surface area contributed by atoms with Gasteiger partial charge in [-0.2, -0.15) is 0 Å². The number of benzene rings is 4. The average Bonchev–Trinajstić information content (AvgIpc) is 3.58. The van der Waals surface area contributed by atoms with Crippen molar-refractivity contribution in [2.45, 2.75) is 75.3 Å². The van der Waals surface area contributed by atoms with Crippen LogP contribution in [0.2, 0.25) is 0 Å². The van der Waals surface area contributed by atoms with E-state index in [2.05, 4.69) is 147 Å². The largest absolute Gasteiger partial charge is 0.328 e. The maximum atomic E-state index is 5.12. The van der Waals surface area contributed by atoms with E-state index in [1.807, 2.05) is 6.07 Å². The summed E-state index contributed by atoms with van der Waals surface area (Å²) in [6.07, 6.45) is 23.4. The molecule has 51 heavy (non-hydrogen) atoms. The van der Waals surface area contributed by atoms with Crippen molar-refractivity contribution in [2.24, 2.45) is 21.8 Å². The highest BCUT2D eigenvalue weighted by Crippen LogP contribution is 2.61. The van der Waals surface area contributed by atoms with Gasteiger partial charge in [0.15, 0.2) is 6.17 Å². The first-order valence-corrected chi connectivity index (χ1v) is 19.1. The summed E-state index contributed by atoms with van der Waals surface area (Å²) in [5.74, 6) is 2.90. The molecule has 1 saturated carbocycles. The number of nitrogens with one attached hydrogen (secondary N) is 1. The van der Waals surface area contributed by atoms with Crippen LogP contribution >= 0.6 is 0 Å². The molecule has 4 unspecified atom stereocenters. The van der Waals surface area contributed by atoms with Crippen molar-refractivity contribution >= 4 is 17.2 Å². The Morgan fingerprint density at radius 2 is 1.49 bits per heavy atom. The van der Waals surface area contributed by atoms with Crippen LogP contribution in [0.1, 0.15) is 103 Å². The van der Waals surface area contributed by atoms with Gasteiger partial charge < -0.3 is 5.32 Å². The van der Waals surface area contributed by atoms with Crippen molar-refractivity contribution in [3.05, 3.63) is 172 Å². The molecule has 10 rings (SSSR count). The highest BCUT2D eigenvalue weighted by molar-refractivity contribution is 6.11. The van der Waals surface area contributed by atoms with E-state index in [-0.39, 0.29) is 22.9 Å². The Kier molecular flexibility index (Phi) is 7.10. The second-order valence-electron chi connectivity index (χ2n) is 16.1. The minimum absolute atomic E-state index is 0.0741. The zero-order valence-corrected chi connectivity index (χ0v) is 29.6. The predicted molar refractivity (Wildman–Crippen MR) is 211 cm³/mol. The lowest BCUT2D eigenvalue weighted by atomic mass is 9.67. The normalized spacial score (nSPS) is 26.0. The van der Waals surface area contributed by atoms with Crippen LogP contribution in [0.15, 0.2) is 144 Å². The van der Waals surface area contributed by atoms with Gasteiger partial charge in [0.05, 0.1) is 0 Å². The van der Waals surface area contributed by atoms with Crippen LogP contribution in [0.3, 0.4) is 0 Å². The van der Waals surface area contributed by atoms with E-state index in [9.17, 15) is 0 Å². The number of amidine groups is 2. The number of hydrogen-bond donors (Lipinski definition) is 1. The maximum absolute atomic E-state index is 5.12. The molecule has 252 valence electrons. The monoisotopic (exact) mass is 663 g/mol. The van der Waals surface area contributed by atoms with Gasteiger partial charge in [-0.05, 0) is 86.7 Å². The Hall–Kier alpha value is -5.02. The van der Waals surface area contributed by atoms with Crippen molar-refractivity contribution in [3.8, 4) is 11.1 Å². The number of fused-ring (bicyclic) bond motifs is 8. The first-order chi connectivity index (χ1) is 25.0. The van der Waals surface area contributed by atoms with E-state index in [0.717, 1.165) is 29.2 Å². The van der Waals surface area contributed by atoms with Crippen molar-refractivity contribution < 1.29 is 0 Å². The Morgan fingerprint density at radius 1 is 0.706 bits per heavy atom. The first kappa shape index (κ1) is 30.8. The molecule has 1 aliphatic heterocycles. The summed E-state index contributed by atoms with van der Waals surface area (Å²) in [4.78, 5) is 10.2. The molecular weight excluding hydrogens is 619 g/mol. The SMILES string of the molecule is CC1(C)c2cc3c(cc2C2C=C(c4ccc(C5=NC(c6ccccc6)N=C(C6C=CC=CC6)N5)cc4)C=CC21)-c1ccccc1C31CCCCC1. The Morgan fingerprint density at radius 3 is 2.29 bits per heavy atom. The van der Waals surface area contributed by atoms with Gasteiger partial charge in [0.2, 0.25) is 0 Å². The van der Waals surface area contributed by atoms with Crippen LogP contribution in [0.4, 0.5) is 0 Å². The van der Waals surface area contributed by atoms with Gasteiger partial charge in [-0.3, -0.25) is 0 Å². The fraction of sp³-hybridized carbons (Fsp3) is 0.292. The maximum Gasteiger partial charge on any atom is 0.169 e. The van der Waals surface area contributed by atoms with Gasteiger partial charge in [0, 0.05) is 22.8 Å². The van der Waals surface area contributed by atoms with Crippen LogP contribution in [-0.2, 0) is 10.8 Å². The molecule has 4 aromatic rings. The highest BCUT2D eigenvalue weighted by Gasteiger charge is 2.49. The minimum Gasteiger partial charge on any atom is -0.328 e. The zero-order valence-electron chi connectivity index (χ0n) is 29.6. The van der Waals surface area contributed by atoms with Crippen LogP contribution in [0, 0.1) is 11.8 Å². The summed E-state index contributed by atoms with van der Waals surface area (Å²) < 4.78 is 0. The third-order valence-electron chi connectivity index (χ3n) is 12.9. The number of rotatable bonds is 4. The Balaban J connectivity index is 0.985.